The van der Waals surface area contributed by atoms with Crippen LogP contribution in [0.25, 0.3) is 0 Å². The lowest BCUT2D eigenvalue weighted by Crippen LogP contribution is -2.15. The third-order valence-corrected chi connectivity index (χ3v) is 4.13. The number of benzene rings is 2. The van der Waals surface area contributed by atoms with Crippen molar-refractivity contribution in [3.05, 3.63) is 59.2 Å². The van der Waals surface area contributed by atoms with Gasteiger partial charge in [-0.25, -0.2) is 4.79 Å². The number of nitrogens with zero attached hydrogens (tertiary/aromatic N) is 1. The van der Waals surface area contributed by atoms with Crippen molar-refractivity contribution in [2.75, 3.05) is 11.9 Å². The number of anilines is 2. The summed E-state index contributed by atoms with van der Waals surface area (Å²) in [5.74, 6) is -0.168. The van der Waals surface area contributed by atoms with E-state index in [1.807, 2.05) is 24.1 Å². The first-order valence-corrected chi connectivity index (χ1v) is 7.24. The maximum absolute atomic E-state index is 11.4. The fourth-order valence-corrected chi connectivity index (χ4v) is 2.80. The zero-order valence-corrected chi connectivity index (χ0v) is 12.3. The molecule has 3 nitrogen and oxygen atoms in total. The smallest absolute Gasteiger partial charge is 0.337 e. The second kappa shape index (κ2) is 5.24. The Morgan fingerprint density at radius 1 is 1.14 bits per heavy atom. The van der Waals surface area contributed by atoms with Gasteiger partial charge in [0.1, 0.15) is 0 Å². The minimum Gasteiger partial charge on any atom is -0.478 e. The molecule has 0 saturated heterocycles. The highest BCUT2D eigenvalue weighted by atomic mass is 16.4. The molecule has 0 atom stereocenters. The Bertz CT molecular complexity index is 689. The summed E-state index contributed by atoms with van der Waals surface area (Å²) in [6.07, 6.45) is 2.58. The quantitative estimate of drug-likeness (QED) is 0.906. The average molecular weight is 281 g/mol. The second-order valence-corrected chi connectivity index (χ2v) is 5.70. The first kappa shape index (κ1) is 13.7. The highest BCUT2D eigenvalue weighted by Crippen LogP contribution is 2.41. The van der Waals surface area contributed by atoms with Gasteiger partial charge < -0.3 is 10.0 Å². The molecule has 1 aliphatic carbocycles. The Kier molecular flexibility index (Phi) is 3.42. The van der Waals surface area contributed by atoms with E-state index in [2.05, 4.69) is 25.1 Å². The molecule has 1 fully saturated rings. The van der Waals surface area contributed by atoms with Crippen LogP contribution < -0.4 is 4.90 Å². The molecule has 0 bridgehead atoms. The highest BCUT2D eigenvalue weighted by molar-refractivity contribution is 5.95. The van der Waals surface area contributed by atoms with Crippen LogP contribution in [0.3, 0.4) is 0 Å². The number of carboxylic acids is 1. The molecule has 1 aliphatic rings. The van der Waals surface area contributed by atoms with Gasteiger partial charge in [0, 0.05) is 12.7 Å². The summed E-state index contributed by atoms with van der Waals surface area (Å²) < 4.78 is 0. The van der Waals surface area contributed by atoms with E-state index < -0.39 is 5.97 Å². The summed E-state index contributed by atoms with van der Waals surface area (Å²) in [6, 6.07) is 13.6. The lowest BCUT2D eigenvalue weighted by molar-refractivity contribution is 0.0697. The number of carboxylic acid groups (broad SMARTS) is 1. The molecule has 0 amide bonds. The summed E-state index contributed by atoms with van der Waals surface area (Å²) in [5, 5.41) is 9.33. The minimum absolute atomic E-state index is 0.325. The molecule has 21 heavy (non-hydrogen) atoms. The fourth-order valence-electron chi connectivity index (χ4n) is 2.80. The molecule has 2 aromatic carbocycles. The van der Waals surface area contributed by atoms with Crippen molar-refractivity contribution in [3.63, 3.8) is 0 Å². The summed E-state index contributed by atoms with van der Waals surface area (Å²) in [6.45, 7) is 2.08. The van der Waals surface area contributed by atoms with Crippen LogP contribution in [0.15, 0.2) is 42.5 Å². The number of hydrogen-bond donors (Lipinski definition) is 1. The third-order valence-electron chi connectivity index (χ3n) is 4.13. The molecule has 0 radical (unpaired) electrons. The zero-order valence-electron chi connectivity index (χ0n) is 12.3. The lowest BCUT2D eigenvalue weighted by Gasteiger charge is -2.23. The van der Waals surface area contributed by atoms with E-state index in [1.165, 1.54) is 24.0 Å². The van der Waals surface area contributed by atoms with Gasteiger partial charge in [0.2, 0.25) is 0 Å². The van der Waals surface area contributed by atoms with E-state index in [0.29, 0.717) is 11.3 Å². The van der Waals surface area contributed by atoms with Gasteiger partial charge >= 0.3 is 5.97 Å². The molecule has 1 saturated carbocycles. The largest absolute Gasteiger partial charge is 0.478 e. The SMILES string of the molecule is Cc1cc(C2CC2)ccc1N(C)c1ccccc1C(=O)O. The van der Waals surface area contributed by atoms with Crippen molar-refractivity contribution in [1.29, 1.82) is 0 Å². The van der Waals surface area contributed by atoms with E-state index in [-0.39, 0.29) is 0 Å². The molecular weight excluding hydrogens is 262 g/mol. The van der Waals surface area contributed by atoms with Crippen LogP contribution in [0, 0.1) is 6.92 Å². The first-order valence-electron chi connectivity index (χ1n) is 7.24. The second-order valence-electron chi connectivity index (χ2n) is 5.70. The van der Waals surface area contributed by atoms with Gasteiger partial charge in [-0.05, 0) is 55.0 Å². The van der Waals surface area contributed by atoms with E-state index >= 15 is 0 Å². The fraction of sp³-hybridized carbons (Fsp3) is 0.278. The standard InChI is InChI=1S/C18H19NO2/c1-12-11-14(13-7-8-13)9-10-16(12)19(2)17-6-4-3-5-15(17)18(20)21/h3-6,9-11,13H,7-8H2,1-2H3,(H,20,21). The predicted molar refractivity (Wildman–Crippen MR) is 84.6 cm³/mol. The number of aromatic carboxylic acids is 1. The number of rotatable bonds is 4. The van der Waals surface area contributed by atoms with Crippen molar-refractivity contribution in [3.8, 4) is 0 Å². The van der Waals surface area contributed by atoms with Crippen molar-refractivity contribution < 1.29 is 9.90 Å². The van der Waals surface area contributed by atoms with Crippen LogP contribution in [0.2, 0.25) is 0 Å². The van der Waals surface area contributed by atoms with E-state index in [1.54, 1.807) is 12.1 Å². The molecule has 1 N–H and O–H groups in total. The van der Waals surface area contributed by atoms with Crippen LogP contribution in [0.4, 0.5) is 11.4 Å². The zero-order chi connectivity index (χ0) is 15.0. The topological polar surface area (TPSA) is 40.5 Å². The van der Waals surface area contributed by atoms with Gasteiger partial charge in [0.05, 0.1) is 11.3 Å². The third kappa shape index (κ3) is 2.64. The maximum Gasteiger partial charge on any atom is 0.337 e. The first-order chi connectivity index (χ1) is 10.1. The summed E-state index contributed by atoms with van der Waals surface area (Å²) in [7, 11) is 1.92. The van der Waals surface area contributed by atoms with E-state index in [0.717, 1.165) is 11.6 Å². The maximum atomic E-state index is 11.4. The summed E-state index contributed by atoms with van der Waals surface area (Å²) >= 11 is 0. The normalized spacial score (nSPS) is 14.0. The molecular formula is C18H19NO2. The highest BCUT2D eigenvalue weighted by Gasteiger charge is 2.24. The van der Waals surface area contributed by atoms with Gasteiger partial charge in [-0.1, -0.05) is 24.3 Å². The van der Waals surface area contributed by atoms with Gasteiger partial charge in [-0.3, -0.25) is 0 Å². The van der Waals surface area contributed by atoms with Crippen molar-refractivity contribution in [1.82, 2.24) is 0 Å². The van der Waals surface area contributed by atoms with Gasteiger partial charge in [-0.2, -0.15) is 0 Å². The molecule has 0 spiro atoms. The van der Waals surface area contributed by atoms with Gasteiger partial charge in [0.25, 0.3) is 0 Å². The van der Waals surface area contributed by atoms with Crippen LogP contribution in [-0.4, -0.2) is 18.1 Å². The molecule has 2 aromatic rings. The van der Waals surface area contributed by atoms with Crippen molar-refractivity contribution in [2.24, 2.45) is 0 Å². The molecule has 0 aliphatic heterocycles. The van der Waals surface area contributed by atoms with Crippen LogP contribution in [0.1, 0.15) is 40.2 Å². The molecule has 0 aromatic heterocycles. The molecule has 3 rings (SSSR count). The number of aryl methyl sites for hydroxylation is 1. The molecule has 0 heterocycles. The Morgan fingerprint density at radius 3 is 2.48 bits per heavy atom. The average Bonchev–Trinajstić information content (AvgIpc) is 3.31. The van der Waals surface area contributed by atoms with Gasteiger partial charge in [-0.15, -0.1) is 0 Å². The van der Waals surface area contributed by atoms with E-state index in [9.17, 15) is 9.90 Å². The molecule has 3 heteroatoms. The van der Waals surface area contributed by atoms with Crippen molar-refractivity contribution >= 4 is 17.3 Å². The number of para-hydroxylation sites is 1. The lowest BCUT2D eigenvalue weighted by atomic mass is 10.0. The van der Waals surface area contributed by atoms with Crippen molar-refractivity contribution in [2.45, 2.75) is 25.7 Å². The van der Waals surface area contributed by atoms with Crippen LogP contribution in [-0.2, 0) is 0 Å². The minimum atomic E-state index is -0.898. The Hall–Kier alpha value is -2.29. The number of carbonyl (C=O) groups is 1. The monoisotopic (exact) mass is 281 g/mol. The van der Waals surface area contributed by atoms with Crippen LogP contribution >= 0.6 is 0 Å². The Balaban J connectivity index is 1.98. The summed E-state index contributed by atoms with van der Waals surface area (Å²) in [5.41, 5.74) is 4.67. The Labute approximate surface area is 124 Å². The van der Waals surface area contributed by atoms with E-state index in [4.69, 9.17) is 0 Å². The van der Waals surface area contributed by atoms with Gasteiger partial charge in [0.15, 0.2) is 0 Å². The Morgan fingerprint density at radius 2 is 1.86 bits per heavy atom. The predicted octanol–water partition coefficient (Wildman–Crippen LogP) is 4.34. The number of hydrogen-bond acceptors (Lipinski definition) is 2. The van der Waals surface area contributed by atoms with Crippen LogP contribution in [0.5, 0.6) is 0 Å². The summed E-state index contributed by atoms with van der Waals surface area (Å²) in [4.78, 5) is 13.3. The molecule has 108 valence electrons. The molecule has 0 unspecified atom stereocenters.